The highest BCUT2D eigenvalue weighted by atomic mass is 32.1. The van der Waals surface area contributed by atoms with E-state index < -0.39 is 0 Å². The number of likely N-dealkylation sites (tertiary alicyclic amines) is 1. The molecule has 1 amide bonds. The lowest BCUT2D eigenvalue weighted by Gasteiger charge is -2.32. The largest absolute Gasteiger partial charge is 0.338 e. The molecule has 3 heterocycles. The first-order valence-electron chi connectivity index (χ1n) is 9.56. The molecular weight excluding hydrogens is 346 g/mol. The quantitative estimate of drug-likeness (QED) is 0.833. The zero-order chi connectivity index (χ0) is 18.1. The molecule has 0 aromatic carbocycles. The van der Waals surface area contributed by atoms with Crippen molar-refractivity contribution in [2.75, 3.05) is 13.1 Å². The van der Waals surface area contributed by atoms with Gasteiger partial charge in [0, 0.05) is 30.6 Å². The predicted molar refractivity (Wildman–Crippen MR) is 103 cm³/mol. The van der Waals surface area contributed by atoms with Crippen molar-refractivity contribution in [3.05, 3.63) is 49.6 Å². The summed E-state index contributed by atoms with van der Waals surface area (Å²) in [6.45, 7) is 4.23. The standard InChI is InChI=1S/C20H25N3O2S/c1-14-6-7-18(26-14)20(25)22-10-8-15(9-11-22)13-23-19(24)12-16-4-2-3-5-17(16)21-23/h6-7,12,15H,2-5,8-11,13H2,1H3. The third kappa shape index (κ3) is 3.61. The Hall–Kier alpha value is -1.95. The molecule has 0 spiro atoms. The summed E-state index contributed by atoms with van der Waals surface area (Å²) in [6.07, 6.45) is 6.17. The summed E-state index contributed by atoms with van der Waals surface area (Å²) < 4.78 is 1.66. The Morgan fingerprint density at radius 3 is 2.73 bits per heavy atom. The highest BCUT2D eigenvalue weighted by molar-refractivity contribution is 7.13. The van der Waals surface area contributed by atoms with E-state index in [0.29, 0.717) is 12.5 Å². The van der Waals surface area contributed by atoms with Crippen molar-refractivity contribution in [2.24, 2.45) is 5.92 Å². The molecule has 26 heavy (non-hydrogen) atoms. The van der Waals surface area contributed by atoms with Crippen LogP contribution in [-0.4, -0.2) is 33.7 Å². The molecule has 0 radical (unpaired) electrons. The number of rotatable bonds is 3. The van der Waals surface area contributed by atoms with Crippen LogP contribution in [0.5, 0.6) is 0 Å². The molecule has 0 bridgehead atoms. The van der Waals surface area contributed by atoms with Crippen LogP contribution in [0.2, 0.25) is 0 Å². The van der Waals surface area contributed by atoms with Crippen molar-refractivity contribution in [1.29, 1.82) is 0 Å². The fraction of sp³-hybridized carbons (Fsp3) is 0.550. The Bertz CT molecular complexity index is 862. The fourth-order valence-electron chi connectivity index (χ4n) is 4.00. The Kier molecular flexibility index (Phi) is 4.94. The van der Waals surface area contributed by atoms with Crippen LogP contribution in [0.1, 0.15) is 51.5 Å². The predicted octanol–water partition coefficient (Wildman–Crippen LogP) is 3.04. The lowest BCUT2D eigenvalue weighted by molar-refractivity contribution is 0.0685. The highest BCUT2D eigenvalue weighted by Crippen LogP contribution is 2.23. The maximum absolute atomic E-state index is 12.6. The van der Waals surface area contributed by atoms with Gasteiger partial charge in [-0.25, -0.2) is 4.68 Å². The topological polar surface area (TPSA) is 55.2 Å². The second-order valence-electron chi connectivity index (χ2n) is 7.49. The van der Waals surface area contributed by atoms with Crippen LogP contribution < -0.4 is 5.56 Å². The van der Waals surface area contributed by atoms with Crippen LogP contribution in [0, 0.1) is 12.8 Å². The Balaban J connectivity index is 1.38. The molecule has 1 fully saturated rings. The van der Waals surface area contributed by atoms with Crippen molar-refractivity contribution >= 4 is 17.2 Å². The summed E-state index contributed by atoms with van der Waals surface area (Å²) in [4.78, 5) is 28.9. The van der Waals surface area contributed by atoms with Gasteiger partial charge < -0.3 is 4.90 Å². The monoisotopic (exact) mass is 371 g/mol. The number of fused-ring (bicyclic) bond motifs is 1. The number of piperidine rings is 1. The van der Waals surface area contributed by atoms with Gasteiger partial charge in [0.2, 0.25) is 0 Å². The van der Waals surface area contributed by atoms with Crippen LogP contribution in [0.25, 0.3) is 0 Å². The summed E-state index contributed by atoms with van der Waals surface area (Å²) >= 11 is 1.56. The van der Waals surface area contributed by atoms with E-state index >= 15 is 0 Å². The molecule has 1 aliphatic carbocycles. The van der Waals surface area contributed by atoms with E-state index in [9.17, 15) is 9.59 Å². The summed E-state index contributed by atoms with van der Waals surface area (Å²) in [6, 6.07) is 5.71. The first-order chi connectivity index (χ1) is 12.6. The zero-order valence-corrected chi connectivity index (χ0v) is 16.1. The number of carbonyl (C=O) groups excluding carboxylic acids is 1. The third-order valence-corrected chi connectivity index (χ3v) is 6.55. The van der Waals surface area contributed by atoms with E-state index in [2.05, 4.69) is 5.10 Å². The van der Waals surface area contributed by atoms with Gasteiger partial charge in [-0.3, -0.25) is 9.59 Å². The molecule has 0 N–H and O–H groups in total. The molecule has 0 atom stereocenters. The molecule has 5 nitrogen and oxygen atoms in total. The number of aryl methyl sites for hydroxylation is 3. The Morgan fingerprint density at radius 2 is 2.00 bits per heavy atom. The van der Waals surface area contributed by atoms with Gasteiger partial charge in [0.05, 0.1) is 10.6 Å². The number of amides is 1. The Morgan fingerprint density at radius 1 is 1.23 bits per heavy atom. The van der Waals surface area contributed by atoms with Crippen LogP contribution in [0.4, 0.5) is 0 Å². The molecule has 0 unspecified atom stereocenters. The number of aromatic nitrogens is 2. The lowest BCUT2D eigenvalue weighted by Crippen LogP contribution is -2.40. The summed E-state index contributed by atoms with van der Waals surface area (Å²) in [7, 11) is 0. The van der Waals surface area contributed by atoms with E-state index in [4.69, 9.17) is 0 Å². The zero-order valence-electron chi connectivity index (χ0n) is 15.2. The van der Waals surface area contributed by atoms with Crippen molar-refractivity contribution < 1.29 is 4.79 Å². The summed E-state index contributed by atoms with van der Waals surface area (Å²) in [5.74, 6) is 0.557. The molecule has 138 valence electrons. The van der Waals surface area contributed by atoms with Crippen LogP contribution in [0.3, 0.4) is 0 Å². The van der Waals surface area contributed by atoms with Gasteiger partial charge >= 0.3 is 0 Å². The smallest absolute Gasteiger partial charge is 0.267 e. The average molecular weight is 372 g/mol. The number of hydrogen-bond acceptors (Lipinski definition) is 4. The number of thiophene rings is 1. The maximum atomic E-state index is 12.6. The van der Waals surface area contributed by atoms with Gasteiger partial charge in [-0.15, -0.1) is 11.3 Å². The molecular formula is C20H25N3O2S. The number of nitrogens with zero attached hydrogens (tertiary/aromatic N) is 3. The molecule has 4 rings (SSSR count). The van der Waals surface area contributed by atoms with Gasteiger partial charge in [0.25, 0.3) is 11.5 Å². The first kappa shape index (κ1) is 17.5. The Labute approximate surface area is 157 Å². The van der Waals surface area contributed by atoms with Gasteiger partial charge in [0.15, 0.2) is 0 Å². The highest BCUT2D eigenvalue weighted by Gasteiger charge is 2.25. The van der Waals surface area contributed by atoms with Gasteiger partial charge in [-0.05, 0) is 69.1 Å². The fourth-order valence-corrected chi connectivity index (χ4v) is 4.84. The van der Waals surface area contributed by atoms with E-state index in [1.54, 1.807) is 22.1 Å². The first-order valence-corrected chi connectivity index (χ1v) is 10.4. The van der Waals surface area contributed by atoms with Gasteiger partial charge in [-0.1, -0.05) is 0 Å². The van der Waals surface area contributed by atoms with E-state index in [1.807, 2.05) is 24.0 Å². The maximum Gasteiger partial charge on any atom is 0.267 e. The molecule has 0 saturated carbocycles. The van der Waals surface area contributed by atoms with Crippen molar-refractivity contribution in [3.63, 3.8) is 0 Å². The van der Waals surface area contributed by atoms with E-state index in [-0.39, 0.29) is 11.5 Å². The second-order valence-corrected chi connectivity index (χ2v) is 8.78. The van der Waals surface area contributed by atoms with Gasteiger partial charge in [0.1, 0.15) is 0 Å². The van der Waals surface area contributed by atoms with Gasteiger partial charge in [-0.2, -0.15) is 5.10 Å². The molecule has 1 saturated heterocycles. The minimum atomic E-state index is 0.0261. The van der Waals surface area contributed by atoms with Crippen LogP contribution in [0.15, 0.2) is 23.0 Å². The SMILES string of the molecule is Cc1ccc(C(=O)N2CCC(Cn3nc4c(cc3=O)CCCC4)CC2)s1. The molecule has 2 aromatic rings. The molecule has 2 aromatic heterocycles. The average Bonchev–Trinajstić information content (AvgIpc) is 3.09. The number of carbonyl (C=O) groups is 1. The minimum absolute atomic E-state index is 0.0261. The minimum Gasteiger partial charge on any atom is -0.338 e. The van der Waals surface area contributed by atoms with Crippen molar-refractivity contribution in [1.82, 2.24) is 14.7 Å². The normalized spacial score (nSPS) is 18.0. The van der Waals surface area contributed by atoms with Crippen LogP contribution >= 0.6 is 11.3 Å². The van der Waals surface area contributed by atoms with E-state index in [1.165, 1.54) is 11.3 Å². The summed E-state index contributed by atoms with van der Waals surface area (Å²) in [5.41, 5.74) is 2.28. The molecule has 2 aliphatic rings. The molecule has 6 heteroatoms. The number of hydrogen-bond donors (Lipinski definition) is 0. The van der Waals surface area contributed by atoms with Crippen molar-refractivity contribution in [2.45, 2.75) is 52.0 Å². The van der Waals surface area contributed by atoms with Crippen LogP contribution in [-0.2, 0) is 19.4 Å². The lowest BCUT2D eigenvalue weighted by atomic mass is 9.95. The third-order valence-electron chi connectivity index (χ3n) is 5.56. The molecule has 1 aliphatic heterocycles. The second kappa shape index (κ2) is 7.35. The van der Waals surface area contributed by atoms with Crippen molar-refractivity contribution in [3.8, 4) is 0 Å². The summed E-state index contributed by atoms with van der Waals surface area (Å²) in [5, 5.41) is 4.64. The van der Waals surface area contributed by atoms with E-state index in [0.717, 1.165) is 61.3 Å².